The Bertz CT molecular complexity index is 77.6. The number of nitrogens with one attached hydrogen (secondary N) is 1. The van der Waals surface area contributed by atoms with Gasteiger partial charge in [-0.25, -0.2) is 4.72 Å². The molecule has 0 aromatic heterocycles. The Morgan fingerprint density at radius 2 is 2.83 bits per heavy atom. The standard InChI is InChI=1S/C4H5NS/c1-4-2-5-6-3-4/h3,5H,1H3. The van der Waals surface area contributed by atoms with E-state index in [1.165, 1.54) is 5.57 Å². The summed E-state index contributed by atoms with van der Waals surface area (Å²) in [6.45, 7) is 4.90. The van der Waals surface area contributed by atoms with E-state index in [1.54, 1.807) is 11.9 Å². The van der Waals surface area contributed by atoms with Crippen LogP contribution in [-0.2, 0) is 0 Å². The molecular formula is C4H5NS. The molecule has 0 amide bonds. The second-order valence-corrected chi connectivity index (χ2v) is 1.82. The van der Waals surface area contributed by atoms with Gasteiger partial charge < -0.3 is 0 Å². The summed E-state index contributed by atoms with van der Waals surface area (Å²) in [5.41, 5.74) is 1.18. The molecule has 1 aliphatic rings. The highest BCUT2D eigenvalue weighted by Gasteiger charge is 1.96. The first kappa shape index (κ1) is 4.22. The van der Waals surface area contributed by atoms with Crippen LogP contribution >= 0.6 is 11.9 Å². The molecule has 2 heteroatoms. The summed E-state index contributed by atoms with van der Waals surface area (Å²) in [7, 11) is 0. The van der Waals surface area contributed by atoms with Crippen molar-refractivity contribution in [3.8, 4) is 0 Å². The molecule has 0 aromatic rings. The Balaban J connectivity index is 2.45. The van der Waals surface area contributed by atoms with Crippen LogP contribution in [0.15, 0.2) is 11.0 Å². The molecule has 0 saturated carbocycles. The van der Waals surface area contributed by atoms with Crippen molar-refractivity contribution in [3.63, 3.8) is 0 Å². The Morgan fingerprint density at radius 3 is 3.00 bits per heavy atom. The third-order valence-corrected chi connectivity index (χ3v) is 1.23. The van der Waals surface area contributed by atoms with Gasteiger partial charge in [0, 0.05) is 0 Å². The quantitative estimate of drug-likeness (QED) is 0.458. The predicted molar refractivity (Wildman–Crippen MR) is 27.7 cm³/mol. The first-order valence-electron chi connectivity index (χ1n) is 1.73. The monoisotopic (exact) mass is 99.0 g/mol. The summed E-state index contributed by atoms with van der Waals surface area (Å²) in [5.74, 6) is 0. The second-order valence-electron chi connectivity index (χ2n) is 1.15. The first-order valence-corrected chi connectivity index (χ1v) is 2.61. The Morgan fingerprint density at radius 1 is 2.00 bits per heavy atom. The van der Waals surface area contributed by atoms with E-state index in [4.69, 9.17) is 0 Å². The van der Waals surface area contributed by atoms with Gasteiger partial charge >= 0.3 is 0 Å². The lowest BCUT2D eigenvalue weighted by molar-refractivity contribution is 1.24. The van der Waals surface area contributed by atoms with Crippen LogP contribution in [0.2, 0.25) is 0 Å². The van der Waals surface area contributed by atoms with Gasteiger partial charge in [0.15, 0.2) is 0 Å². The highest BCUT2D eigenvalue weighted by molar-refractivity contribution is 8.00. The van der Waals surface area contributed by atoms with Gasteiger partial charge in [-0.05, 0) is 17.9 Å². The smallest absolute Gasteiger partial charge is 0.100 e. The fourth-order valence-corrected chi connectivity index (χ4v) is 0.772. The lowest BCUT2D eigenvalue weighted by atomic mass is 10.4. The molecule has 0 aromatic carbocycles. The molecule has 6 heavy (non-hydrogen) atoms. The van der Waals surface area contributed by atoms with Gasteiger partial charge in [0.2, 0.25) is 0 Å². The van der Waals surface area contributed by atoms with Crippen molar-refractivity contribution >= 4 is 11.9 Å². The summed E-state index contributed by atoms with van der Waals surface area (Å²) >= 11 is 1.56. The van der Waals surface area contributed by atoms with E-state index in [1.807, 2.05) is 12.3 Å². The topological polar surface area (TPSA) is 12.0 Å². The Hall–Kier alpha value is 0.0500. The van der Waals surface area contributed by atoms with E-state index >= 15 is 0 Å². The molecule has 2 radical (unpaired) electrons. The van der Waals surface area contributed by atoms with Crippen molar-refractivity contribution in [1.29, 1.82) is 0 Å². The lowest BCUT2D eigenvalue weighted by Gasteiger charge is -1.79. The summed E-state index contributed by atoms with van der Waals surface area (Å²) < 4.78 is 2.85. The van der Waals surface area contributed by atoms with Crippen LogP contribution in [0.3, 0.4) is 0 Å². The molecule has 1 heterocycles. The zero-order chi connectivity index (χ0) is 4.41. The van der Waals surface area contributed by atoms with E-state index in [9.17, 15) is 0 Å². The summed E-state index contributed by atoms with van der Waals surface area (Å²) in [4.78, 5) is 0. The van der Waals surface area contributed by atoms with Crippen molar-refractivity contribution in [2.45, 2.75) is 6.92 Å². The van der Waals surface area contributed by atoms with Crippen LogP contribution < -0.4 is 4.72 Å². The minimum absolute atomic E-state index is 1.18. The number of hydrogen-bond acceptors (Lipinski definition) is 2. The van der Waals surface area contributed by atoms with Gasteiger partial charge in [0.05, 0.1) is 0 Å². The summed E-state index contributed by atoms with van der Waals surface area (Å²) in [6, 6.07) is 0. The maximum atomic E-state index is 2.89. The van der Waals surface area contributed by atoms with Gasteiger partial charge in [-0.15, -0.1) is 0 Å². The van der Waals surface area contributed by atoms with Crippen molar-refractivity contribution in [2.24, 2.45) is 0 Å². The first-order chi connectivity index (χ1) is 2.89. The average molecular weight is 99.2 g/mol. The third kappa shape index (κ3) is 0.758. The number of rotatable bonds is 0. The van der Waals surface area contributed by atoms with Gasteiger partial charge in [0.25, 0.3) is 0 Å². The maximum absolute atomic E-state index is 2.89. The zero-order valence-electron chi connectivity index (χ0n) is 3.49. The van der Waals surface area contributed by atoms with Crippen molar-refractivity contribution in [3.05, 3.63) is 17.5 Å². The van der Waals surface area contributed by atoms with Crippen molar-refractivity contribution in [2.75, 3.05) is 0 Å². The molecule has 0 atom stereocenters. The number of hydrogen-bond donors (Lipinski definition) is 1. The average Bonchev–Trinajstić information content (AvgIpc) is 1.86. The molecule has 0 spiro atoms. The molecule has 0 saturated heterocycles. The summed E-state index contributed by atoms with van der Waals surface area (Å²) in [5, 5.41) is 2.01. The van der Waals surface area contributed by atoms with Gasteiger partial charge in [0.1, 0.15) is 6.54 Å². The SMILES string of the molecule is CC1=CSN[C]1. The van der Waals surface area contributed by atoms with Crippen LogP contribution in [0.5, 0.6) is 0 Å². The molecule has 0 aliphatic carbocycles. The largest absolute Gasteiger partial charge is 0.245 e. The Kier molecular flexibility index (Phi) is 1.17. The van der Waals surface area contributed by atoms with E-state index < -0.39 is 0 Å². The molecule has 1 nitrogen and oxygen atoms in total. The fraction of sp³-hybridized carbons (Fsp3) is 0.250. The molecule has 0 bridgehead atoms. The zero-order valence-corrected chi connectivity index (χ0v) is 4.30. The van der Waals surface area contributed by atoms with E-state index in [2.05, 4.69) is 11.3 Å². The van der Waals surface area contributed by atoms with Crippen LogP contribution in [0.25, 0.3) is 0 Å². The Labute approximate surface area is 41.9 Å². The van der Waals surface area contributed by atoms with Crippen LogP contribution in [0, 0.1) is 6.54 Å². The van der Waals surface area contributed by atoms with Gasteiger partial charge in [-0.2, -0.15) is 0 Å². The molecule has 1 rings (SSSR count). The molecule has 0 unspecified atom stereocenters. The molecule has 0 fully saturated rings. The second kappa shape index (κ2) is 1.67. The van der Waals surface area contributed by atoms with E-state index in [0.717, 1.165) is 0 Å². The molecule has 32 valence electrons. The lowest BCUT2D eigenvalue weighted by Crippen LogP contribution is -1.87. The molecule has 1 N–H and O–H groups in total. The van der Waals surface area contributed by atoms with Crippen LogP contribution in [0.4, 0.5) is 0 Å². The fourth-order valence-electron chi connectivity index (χ4n) is 0.257. The third-order valence-electron chi connectivity index (χ3n) is 0.543. The normalized spacial score (nSPS) is 21.2. The highest BCUT2D eigenvalue weighted by atomic mass is 32.2. The van der Waals surface area contributed by atoms with Crippen LogP contribution in [0.1, 0.15) is 6.92 Å². The van der Waals surface area contributed by atoms with E-state index in [0.29, 0.717) is 0 Å². The minimum Gasteiger partial charge on any atom is -0.245 e. The molecular weight excluding hydrogens is 94.1 g/mol. The van der Waals surface area contributed by atoms with E-state index in [-0.39, 0.29) is 0 Å². The maximum Gasteiger partial charge on any atom is 0.100 e. The minimum atomic E-state index is 1.18. The van der Waals surface area contributed by atoms with Gasteiger partial charge in [-0.1, -0.05) is 11.9 Å². The highest BCUT2D eigenvalue weighted by Crippen LogP contribution is 2.12. The van der Waals surface area contributed by atoms with Gasteiger partial charge in [-0.3, -0.25) is 0 Å². The van der Waals surface area contributed by atoms with Crippen molar-refractivity contribution < 1.29 is 0 Å². The van der Waals surface area contributed by atoms with Crippen molar-refractivity contribution in [1.82, 2.24) is 4.72 Å². The molecule has 1 aliphatic heterocycles. The predicted octanol–water partition coefficient (Wildman–Crippen LogP) is 1.18. The van der Waals surface area contributed by atoms with Crippen LogP contribution in [-0.4, -0.2) is 0 Å². The summed E-state index contributed by atoms with van der Waals surface area (Å²) in [6.07, 6.45) is 0.